The van der Waals surface area contributed by atoms with Gasteiger partial charge in [0, 0.05) is 12.0 Å². The van der Waals surface area contributed by atoms with E-state index in [0.717, 1.165) is 12.0 Å². The van der Waals surface area contributed by atoms with Crippen LogP contribution >= 0.6 is 0 Å². The largest absolute Gasteiger partial charge is 0.508 e. The van der Waals surface area contributed by atoms with Gasteiger partial charge in [-0.2, -0.15) is 0 Å². The van der Waals surface area contributed by atoms with Gasteiger partial charge in [0.25, 0.3) is 0 Å². The first-order valence-corrected chi connectivity index (χ1v) is 4.54. The van der Waals surface area contributed by atoms with Gasteiger partial charge in [0.05, 0.1) is 0 Å². The molecule has 0 saturated carbocycles. The van der Waals surface area contributed by atoms with E-state index in [0.29, 0.717) is 12.0 Å². The Morgan fingerprint density at radius 2 is 2.08 bits per heavy atom. The summed E-state index contributed by atoms with van der Waals surface area (Å²) in [5.74, 6) is 0.291. The molecule has 0 atom stereocenters. The summed E-state index contributed by atoms with van der Waals surface area (Å²) in [6.45, 7) is 3.78. The van der Waals surface area contributed by atoms with E-state index in [2.05, 4.69) is 0 Å². The Hall–Kier alpha value is -1.31. The van der Waals surface area contributed by atoms with E-state index in [1.807, 2.05) is 13.8 Å². The number of hydrogen-bond donors (Lipinski definition) is 1. The second-order valence-electron chi connectivity index (χ2n) is 2.97. The summed E-state index contributed by atoms with van der Waals surface area (Å²) in [6.07, 6.45) is 1.26. The normalized spacial score (nSPS) is 10.0. The van der Waals surface area contributed by atoms with Crippen LogP contribution in [0.25, 0.3) is 0 Å². The van der Waals surface area contributed by atoms with Crippen LogP contribution in [0.2, 0.25) is 0 Å². The number of benzene rings is 1. The average Bonchev–Trinajstić information content (AvgIpc) is 2.16. The molecule has 13 heavy (non-hydrogen) atoms. The highest BCUT2D eigenvalue weighted by molar-refractivity contribution is 5.96. The van der Waals surface area contributed by atoms with E-state index in [4.69, 9.17) is 0 Å². The quantitative estimate of drug-likeness (QED) is 0.722. The van der Waals surface area contributed by atoms with Gasteiger partial charge in [0.2, 0.25) is 0 Å². The molecule has 1 rings (SSSR count). The van der Waals surface area contributed by atoms with Crippen molar-refractivity contribution in [1.82, 2.24) is 0 Å². The fraction of sp³-hybridized carbons (Fsp3) is 0.364. The third-order valence-electron chi connectivity index (χ3n) is 2.11. The summed E-state index contributed by atoms with van der Waals surface area (Å²) < 4.78 is 0. The van der Waals surface area contributed by atoms with Crippen molar-refractivity contribution in [2.24, 2.45) is 0 Å². The number of rotatable bonds is 3. The third-order valence-corrected chi connectivity index (χ3v) is 2.11. The number of phenols is 1. The number of aromatic hydroxyl groups is 1. The van der Waals surface area contributed by atoms with Gasteiger partial charge in [-0.05, 0) is 18.1 Å². The number of aryl methyl sites for hydroxylation is 1. The van der Waals surface area contributed by atoms with Gasteiger partial charge in [0.1, 0.15) is 5.75 Å². The number of phenolic OH excluding ortho intramolecular Hbond substituents is 1. The van der Waals surface area contributed by atoms with Crippen molar-refractivity contribution in [2.75, 3.05) is 0 Å². The molecule has 0 fully saturated rings. The van der Waals surface area contributed by atoms with Gasteiger partial charge in [-0.25, -0.2) is 0 Å². The van der Waals surface area contributed by atoms with Crippen LogP contribution in [-0.4, -0.2) is 10.9 Å². The van der Waals surface area contributed by atoms with Gasteiger partial charge >= 0.3 is 0 Å². The molecule has 0 unspecified atom stereocenters. The zero-order valence-electron chi connectivity index (χ0n) is 8.00. The molecule has 0 bridgehead atoms. The number of carbonyl (C=O) groups is 1. The Morgan fingerprint density at radius 3 is 2.54 bits per heavy atom. The average molecular weight is 178 g/mol. The van der Waals surface area contributed by atoms with Gasteiger partial charge in [-0.15, -0.1) is 0 Å². The maximum absolute atomic E-state index is 11.3. The molecule has 0 aliphatic carbocycles. The van der Waals surface area contributed by atoms with E-state index < -0.39 is 0 Å². The number of carbonyl (C=O) groups excluding carboxylic acids is 1. The van der Waals surface area contributed by atoms with E-state index in [1.54, 1.807) is 18.2 Å². The SMILES string of the molecule is CCC(=O)c1ccc(CC)c(O)c1. The van der Waals surface area contributed by atoms with Gasteiger partial charge in [-0.3, -0.25) is 4.79 Å². The highest BCUT2D eigenvalue weighted by Crippen LogP contribution is 2.19. The first-order valence-electron chi connectivity index (χ1n) is 4.54. The minimum Gasteiger partial charge on any atom is -0.508 e. The summed E-state index contributed by atoms with van der Waals surface area (Å²) in [6, 6.07) is 5.12. The third kappa shape index (κ3) is 2.08. The molecule has 0 aliphatic heterocycles. The molecule has 0 heterocycles. The van der Waals surface area contributed by atoms with Crippen LogP contribution in [0.3, 0.4) is 0 Å². The molecule has 2 nitrogen and oxygen atoms in total. The van der Waals surface area contributed by atoms with Crippen LogP contribution in [0.1, 0.15) is 36.2 Å². The van der Waals surface area contributed by atoms with Crippen LogP contribution in [0, 0.1) is 0 Å². The summed E-state index contributed by atoms with van der Waals surface area (Å²) >= 11 is 0. The molecule has 0 aliphatic rings. The molecule has 2 heteroatoms. The maximum atomic E-state index is 11.3. The fourth-order valence-electron chi connectivity index (χ4n) is 1.24. The lowest BCUT2D eigenvalue weighted by molar-refractivity contribution is 0.0988. The summed E-state index contributed by atoms with van der Waals surface area (Å²) in [5, 5.41) is 9.48. The van der Waals surface area contributed by atoms with Crippen LogP contribution in [0.5, 0.6) is 5.75 Å². The Morgan fingerprint density at radius 1 is 1.38 bits per heavy atom. The molecular formula is C11H14O2. The molecule has 0 spiro atoms. The van der Waals surface area contributed by atoms with Gasteiger partial charge in [-0.1, -0.05) is 26.0 Å². The second kappa shape index (κ2) is 4.08. The first-order chi connectivity index (χ1) is 6.19. The summed E-state index contributed by atoms with van der Waals surface area (Å²) in [5.41, 5.74) is 1.48. The Kier molecular flexibility index (Phi) is 3.07. The van der Waals surface area contributed by atoms with Crippen molar-refractivity contribution >= 4 is 5.78 Å². The molecule has 0 aromatic heterocycles. The predicted molar refractivity (Wildman–Crippen MR) is 52.1 cm³/mol. The van der Waals surface area contributed by atoms with Crippen molar-refractivity contribution in [2.45, 2.75) is 26.7 Å². The Balaban J connectivity index is 3.02. The molecule has 0 radical (unpaired) electrons. The standard InChI is InChI=1S/C11H14O2/c1-3-8-5-6-9(7-11(8)13)10(12)4-2/h5-7,13H,3-4H2,1-2H3. The summed E-state index contributed by atoms with van der Waals surface area (Å²) in [4.78, 5) is 11.3. The zero-order valence-corrected chi connectivity index (χ0v) is 8.00. The summed E-state index contributed by atoms with van der Waals surface area (Å²) in [7, 11) is 0. The van der Waals surface area contributed by atoms with Crippen molar-refractivity contribution < 1.29 is 9.90 Å². The van der Waals surface area contributed by atoms with Crippen LogP contribution < -0.4 is 0 Å². The monoisotopic (exact) mass is 178 g/mol. The number of hydrogen-bond acceptors (Lipinski definition) is 2. The topological polar surface area (TPSA) is 37.3 Å². The van der Waals surface area contributed by atoms with Crippen molar-refractivity contribution in [1.29, 1.82) is 0 Å². The lowest BCUT2D eigenvalue weighted by Gasteiger charge is -2.03. The minimum absolute atomic E-state index is 0.0675. The predicted octanol–water partition coefficient (Wildman–Crippen LogP) is 2.55. The Bertz CT molecular complexity index is 316. The highest BCUT2D eigenvalue weighted by atomic mass is 16.3. The number of Topliss-reactive ketones (excluding diaryl/α,β-unsaturated/α-hetero) is 1. The van der Waals surface area contributed by atoms with Crippen molar-refractivity contribution in [3.05, 3.63) is 29.3 Å². The van der Waals surface area contributed by atoms with Crippen molar-refractivity contribution in [3.8, 4) is 5.75 Å². The van der Waals surface area contributed by atoms with Crippen molar-refractivity contribution in [3.63, 3.8) is 0 Å². The van der Waals surface area contributed by atoms with Crippen LogP contribution in [-0.2, 0) is 6.42 Å². The van der Waals surface area contributed by atoms with E-state index in [1.165, 1.54) is 0 Å². The molecule has 1 aromatic rings. The molecule has 1 N–H and O–H groups in total. The molecule has 0 saturated heterocycles. The molecule has 70 valence electrons. The molecular weight excluding hydrogens is 164 g/mol. The fourth-order valence-corrected chi connectivity index (χ4v) is 1.24. The molecule has 1 aromatic carbocycles. The highest BCUT2D eigenvalue weighted by Gasteiger charge is 2.05. The smallest absolute Gasteiger partial charge is 0.162 e. The van der Waals surface area contributed by atoms with Gasteiger partial charge in [0.15, 0.2) is 5.78 Å². The van der Waals surface area contributed by atoms with E-state index in [-0.39, 0.29) is 11.5 Å². The van der Waals surface area contributed by atoms with Crippen LogP contribution in [0.15, 0.2) is 18.2 Å². The molecule has 0 amide bonds. The first kappa shape index (κ1) is 9.78. The maximum Gasteiger partial charge on any atom is 0.162 e. The number of ketones is 1. The lowest BCUT2D eigenvalue weighted by Crippen LogP contribution is -1.96. The van der Waals surface area contributed by atoms with E-state index >= 15 is 0 Å². The van der Waals surface area contributed by atoms with E-state index in [9.17, 15) is 9.90 Å². The van der Waals surface area contributed by atoms with Gasteiger partial charge < -0.3 is 5.11 Å². The Labute approximate surface area is 78.2 Å². The minimum atomic E-state index is 0.0675. The second-order valence-corrected chi connectivity index (χ2v) is 2.97. The lowest BCUT2D eigenvalue weighted by atomic mass is 10.0. The van der Waals surface area contributed by atoms with Crippen LogP contribution in [0.4, 0.5) is 0 Å². The zero-order chi connectivity index (χ0) is 9.84.